The molecule has 0 spiro atoms. The van der Waals surface area contributed by atoms with Gasteiger partial charge in [0.05, 0.1) is 0 Å². The van der Waals surface area contributed by atoms with Crippen molar-refractivity contribution in [3.63, 3.8) is 0 Å². The SMILES string of the molecule is N#CO.N#CO.[Co].[Fe].[Na]. The van der Waals surface area contributed by atoms with Crippen LogP contribution in [0.25, 0.3) is 0 Å². The Labute approximate surface area is 95.8 Å². The molecule has 7 heteroatoms. The van der Waals surface area contributed by atoms with Crippen LogP contribution in [0, 0.1) is 23.0 Å². The summed E-state index contributed by atoms with van der Waals surface area (Å²) in [5, 5.41) is 27.5. The van der Waals surface area contributed by atoms with Crippen molar-refractivity contribution in [2.24, 2.45) is 0 Å². The quantitative estimate of drug-likeness (QED) is 0.420. The van der Waals surface area contributed by atoms with Gasteiger partial charge in [0.2, 0.25) is 0 Å². The van der Waals surface area contributed by atoms with Crippen molar-refractivity contribution < 1.29 is 44.1 Å². The Balaban J connectivity index is -0.00000000889. The van der Waals surface area contributed by atoms with Gasteiger partial charge in [-0.1, -0.05) is 0 Å². The first-order valence-corrected chi connectivity index (χ1v) is 0.894. The van der Waals surface area contributed by atoms with Crippen LogP contribution in [0.3, 0.4) is 0 Å². The van der Waals surface area contributed by atoms with E-state index in [-0.39, 0.29) is 63.4 Å². The molecule has 0 aliphatic carbocycles. The Bertz CT molecular complexity index is 77.5. The second kappa shape index (κ2) is 73.3. The summed E-state index contributed by atoms with van der Waals surface area (Å²) in [5.41, 5.74) is 0. The molecular weight excluding hydrogens is 222 g/mol. The number of aliphatic hydroxyl groups excluding tert-OH is 2. The zero-order chi connectivity index (χ0) is 5.41. The molecule has 0 aromatic rings. The van der Waals surface area contributed by atoms with Crippen LogP contribution in [0.5, 0.6) is 0 Å². The molecule has 0 fully saturated rings. The van der Waals surface area contributed by atoms with Crippen molar-refractivity contribution in [3.8, 4) is 12.5 Å². The van der Waals surface area contributed by atoms with Gasteiger partial charge >= 0.3 is 0 Å². The molecule has 0 atom stereocenters. The van der Waals surface area contributed by atoms with Gasteiger partial charge in [-0.15, -0.1) is 0 Å². The van der Waals surface area contributed by atoms with Gasteiger partial charge in [0.1, 0.15) is 0 Å². The molecular formula is C2H2CoFeN2NaO2. The van der Waals surface area contributed by atoms with Crippen LogP contribution in [0.4, 0.5) is 0 Å². The minimum atomic E-state index is 0. The fourth-order valence-corrected chi connectivity index (χ4v) is 0. The van der Waals surface area contributed by atoms with E-state index in [1.807, 2.05) is 0 Å². The summed E-state index contributed by atoms with van der Waals surface area (Å²) < 4.78 is 0. The monoisotopic (exact) mass is 224 g/mol. The van der Waals surface area contributed by atoms with Crippen LogP contribution in [0.15, 0.2) is 0 Å². The minimum Gasteiger partial charge on any atom is -0.443 e. The van der Waals surface area contributed by atoms with Gasteiger partial charge in [-0.2, -0.15) is 10.5 Å². The molecule has 2 N–H and O–H groups in total. The molecule has 2 radical (unpaired) electrons. The third-order valence-electron chi connectivity index (χ3n) is 0. The Kier molecular flexibility index (Phi) is 273. The van der Waals surface area contributed by atoms with E-state index in [1.165, 1.54) is 0 Å². The van der Waals surface area contributed by atoms with Crippen molar-refractivity contribution in [2.75, 3.05) is 0 Å². The van der Waals surface area contributed by atoms with E-state index in [9.17, 15) is 0 Å². The molecule has 0 aliphatic rings. The van der Waals surface area contributed by atoms with E-state index < -0.39 is 0 Å². The molecule has 9 heavy (non-hydrogen) atoms. The number of hydrogen-bond acceptors (Lipinski definition) is 4. The predicted octanol–water partition coefficient (Wildman–Crippen LogP) is -0.706. The molecule has 50 valence electrons. The van der Waals surface area contributed by atoms with E-state index >= 15 is 0 Å². The summed E-state index contributed by atoms with van der Waals surface area (Å²) >= 11 is 0. The number of rotatable bonds is 0. The summed E-state index contributed by atoms with van der Waals surface area (Å²) in [7, 11) is 0. The minimum absolute atomic E-state index is 0. The van der Waals surface area contributed by atoms with Crippen molar-refractivity contribution in [1.82, 2.24) is 0 Å². The smallest absolute Gasteiger partial charge is 0.283 e. The van der Waals surface area contributed by atoms with Gasteiger partial charge < -0.3 is 10.2 Å². The molecule has 0 aromatic heterocycles. The van der Waals surface area contributed by atoms with Crippen LogP contribution in [-0.4, -0.2) is 39.8 Å². The first-order chi connectivity index (χ1) is 2.83. The Hall–Kier alpha value is 0.606. The van der Waals surface area contributed by atoms with Gasteiger partial charge in [-0.25, -0.2) is 0 Å². The fraction of sp³-hybridized carbons (Fsp3) is 0. The van der Waals surface area contributed by atoms with Crippen LogP contribution < -0.4 is 0 Å². The zero-order valence-corrected chi connectivity index (χ0v) is 8.62. The molecule has 0 heterocycles. The summed E-state index contributed by atoms with van der Waals surface area (Å²) in [5.74, 6) is 0. The van der Waals surface area contributed by atoms with Gasteiger partial charge in [0.25, 0.3) is 12.5 Å². The maximum absolute atomic E-state index is 6.88. The van der Waals surface area contributed by atoms with Crippen molar-refractivity contribution in [1.29, 1.82) is 10.5 Å². The van der Waals surface area contributed by atoms with E-state index in [4.69, 9.17) is 20.7 Å². The van der Waals surface area contributed by atoms with Crippen LogP contribution in [0.2, 0.25) is 0 Å². The molecule has 4 nitrogen and oxygen atoms in total. The number of nitriles is 2. The van der Waals surface area contributed by atoms with Gasteiger partial charge in [0.15, 0.2) is 0 Å². The first kappa shape index (κ1) is 33.5. The average molecular weight is 224 g/mol. The van der Waals surface area contributed by atoms with E-state index in [0.29, 0.717) is 0 Å². The van der Waals surface area contributed by atoms with Gasteiger partial charge in [0, 0.05) is 63.4 Å². The molecule has 0 bridgehead atoms. The summed E-state index contributed by atoms with van der Waals surface area (Å²) in [4.78, 5) is 0. The Morgan fingerprint density at radius 2 is 1.00 bits per heavy atom. The van der Waals surface area contributed by atoms with Crippen molar-refractivity contribution in [3.05, 3.63) is 0 Å². The molecule has 0 saturated heterocycles. The van der Waals surface area contributed by atoms with E-state index in [2.05, 4.69) is 0 Å². The number of aliphatic hydroxyl groups is 2. The average Bonchev–Trinajstić information content (AvgIpc) is 1.39. The van der Waals surface area contributed by atoms with E-state index in [0.717, 1.165) is 12.5 Å². The van der Waals surface area contributed by atoms with Crippen LogP contribution >= 0.6 is 0 Å². The third-order valence-corrected chi connectivity index (χ3v) is 0. The molecule has 0 unspecified atom stereocenters. The molecule has 0 rings (SSSR count). The largest absolute Gasteiger partial charge is 0.443 e. The normalized spacial score (nSPS) is 1.56. The molecule has 0 amide bonds. The molecule has 0 saturated carbocycles. The second-order valence-electron chi connectivity index (χ2n) is 0.200. The number of hydrogen-bond donors (Lipinski definition) is 2. The summed E-state index contributed by atoms with van der Waals surface area (Å²) in [6.45, 7) is 0. The topological polar surface area (TPSA) is 88.0 Å². The Morgan fingerprint density at radius 1 is 1.00 bits per heavy atom. The summed E-state index contributed by atoms with van der Waals surface area (Å²) in [6, 6.07) is 0. The second-order valence-corrected chi connectivity index (χ2v) is 0.200. The predicted molar refractivity (Wildman–Crippen MR) is 20.9 cm³/mol. The van der Waals surface area contributed by atoms with Crippen molar-refractivity contribution >= 4 is 29.6 Å². The van der Waals surface area contributed by atoms with Gasteiger partial charge in [-0.3, -0.25) is 0 Å². The third kappa shape index (κ3) is 1020. The fourth-order valence-electron chi connectivity index (χ4n) is 0. The number of nitrogens with zero attached hydrogens (tertiary/aromatic N) is 2. The maximum Gasteiger partial charge on any atom is 0.283 e. The van der Waals surface area contributed by atoms with Crippen LogP contribution in [-0.2, 0) is 33.8 Å². The molecule has 0 aromatic carbocycles. The molecule has 0 aliphatic heterocycles. The first-order valence-electron chi connectivity index (χ1n) is 0.894. The van der Waals surface area contributed by atoms with E-state index in [1.54, 1.807) is 0 Å². The van der Waals surface area contributed by atoms with Crippen molar-refractivity contribution in [2.45, 2.75) is 0 Å². The van der Waals surface area contributed by atoms with Gasteiger partial charge in [-0.05, 0) is 0 Å². The van der Waals surface area contributed by atoms with Crippen LogP contribution in [0.1, 0.15) is 0 Å². The standard InChI is InChI=1S/2CHNO.Co.Fe.Na/c2*2-1-3;;;/h2*3H;;;. The maximum atomic E-state index is 6.88. The summed E-state index contributed by atoms with van der Waals surface area (Å²) in [6.07, 6.45) is 1.50. The zero-order valence-electron chi connectivity index (χ0n) is 4.48. The Morgan fingerprint density at radius 3 is 1.00 bits per heavy atom.